The van der Waals surface area contributed by atoms with E-state index < -0.39 is 0 Å². The average Bonchev–Trinajstić information content (AvgIpc) is 2.58. The maximum Gasteiger partial charge on any atom is 0.117 e. The summed E-state index contributed by atoms with van der Waals surface area (Å²) in [7, 11) is 0. The fraction of sp³-hybridized carbons (Fsp3) is 0.545. The van der Waals surface area contributed by atoms with Gasteiger partial charge in [-0.25, -0.2) is 4.98 Å². The lowest BCUT2D eigenvalue weighted by Crippen LogP contribution is -2.24. The highest BCUT2D eigenvalue weighted by molar-refractivity contribution is 7.16. The van der Waals surface area contributed by atoms with E-state index in [0.717, 1.165) is 22.3 Å². The molecule has 0 amide bonds. The first-order valence-corrected chi connectivity index (χ1v) is 6.35. The minimum Gasteiger partial charge on any atom is -0.311 e. The van der Waals surface area contributed by atoms with Crippen LogP contribution in [-0.2, 0) is 0 Å². The molecular weight excluding hydrogens is 228 g/mol. The van der Waals surface area contributed by atoms with E-state index in [4.69, 9.17) is 11.6 Å². The maximum atomic E-state index is 5.83. The number of hydrogen-bond donors (Lipinski definition) is 1. The van der Waals surface area contributed by atoms with Crippen LogP contribution in [0.3, 0.4) is 0 Å². The van der Waals surface area contributed by atoms with E-state index in [9.17, 15) is 0 Å². The minimum absolute atomic E-state index is 0.514. The molecule has 4 heteroatoms. The molecule has 0 unspecified atom stereocenters. The first-order valence-electron chi connectivity index (χ1n) is 5.16. The van der Waals surface area contributed by atoms with Crippen molar-refractivity contribution in [3.05, 3.63) is 21.1 Å². The summed E-state index contributed by atoms with van der Waals surface area (Å²) < 4.78 is 0.744. The highest BCUT2D eigenvalue weighted by atomic mass is 35.5. The summed E-state index contributed by atoms with van der Waals surface area (Å²) >= 11 is 7.34. The Labute approximate surface area is 100 Å². The monoisotopic (exact) mass is 244 g/mol. The molecule has 2 nitrogen and oxygen atoms in total. The smallest absolute Gasteiger partial charge is 0.117 e. The zero-order valence-electron chi connectivity index (χ0n) is 9.38. The van der Waals surface area contributed by atoms with Crippen molar-refractivity contribution < 1.29 is 0 Å². The molecule has 0 radical (unpaired) electrons. The number of thiazole rings is 1. The molecule has 1 rings (SSSR count). The van der Waals surface area contributed by atoms with E-state index >= 15 is 0 Å². The van der Waals surface area contributed by atoms with E-state index in [0.29, 0.717) is 6.04 Å². The molecule has 0 saturated heterocycles. The second kappa shape index (κ2) is 6.26. The van der Waals surface area contributed by atoms with Gasteiger partial charge in [0.25, 0.3) is 0 Å². The van der Waals surface area contributed by atoms with Gasteiger partial charge in [0.2, 0.25) is 0 Å². The SMILES string of the molecule is CC/C(=C/c1ncc(Cl)s1)CNC(C)C. The van der Waals surface area contributed by atoms with Crippen LogP contribution in [0.15, 0.2) is 11.8 Å². The van der Waals surface area contributed by atoms with Crippen LogP contribution < -0.4 is 5.32 Å². The van der Waals surface area contributed by atoms with Crippen LogP contribution in [0.25, 0.3) is 6.08 Å². The Hall–Kier alpha value is -0.380. The number of aromatic nitrogens is 1. The van der Waals surface area contributed by atoms with Crippen LogP contribution in [0, 0.1) is 0 Å². The summed E-state index contributed by atoms with van der Waals surface area (Å²) in [6.45, 7) is 7.37. The molecule has 1 heterocycles. The van der Waals surface area contributed by atoms with E-state index in [1.165, 1.54) is 16.9 Å². The Morgan fingerprint density at radius 3 is 2.87 bits per heavy atom. The lowest BCUT2D eigenvalue weighted by Gasteiger charge is -2.09. The van der Waals surface area contributed by atoms with Gasteiger partial charge in [0.1, 0.15) is 9.34 Å². The van der Waals surface area contributed by atoms with Crippen molar-refractivity contribution in [1.82, 2.24) is 10.3 Å². The molecule has 0 aromatic carbocycles. The van der Waals surface area contributed by atoms with Gasteiger partial charge in [0.15, 0.2) is 0 Å². The fourth-order valence-corrected chi connectivity index (χ4v) is 2.04. The molecule has 0 aliphatic carbocycles. The molecule has 1 N–H and O–H groups in total. The van der Waals surface area contributed by atoms with Crippen LogP contribution in [0.2, 0.25) is 4.34 Å². The van der Waals surface area contributed by atoms with E-state index in [2.05, 4.69) is 37.1 Å². The predicted octanol–water partition coefficient (Wildman–Crippen LogP) is 3.59. The van der Waals surface area contributed by atoms with E-state index in [-0.39, 0.29) is 0 Å². The number of hydrogen-bond acceptors (Lipinski definition) is 3. The van der Waals surface area contributed by atoms with Crippen molar-refractivity contribution in [1.29, 1.82) is 0 Å². The van der Waals surface area contributed by atoms with Crippen molar-refractivity contribution in [2.75, 3.05) is 6.54 Å². The molecule has 0 aliphatic heterocycles. The third kappa shape index (κ3) is 4.78. The second-order valence-electron chi connectivity index (χ2n) is 3.69. The van der Waals surface area contributed by atoms with Gasteiger partial charge in [-0.1, -0.05) is 37.9 Å². The highest BCUT2D eigenvalue weighted by Crippen LogP contribution is 2.20. The molecule has 1 aromatic heterocycles. The molecule has 0 bridgehead atoms. The average molecular weight is 245 g/mol. The number of nitrogens with zero attached hydrogens (tertiary/aromatic N) is 1. The first-order chi connectivity index (χ1) is 7.11. The molecule has 0 atom stereocenters. The summed E-state index contributed by atoms with van der Waals surface area (Å²) in [5, 5.41) is 4.39. The summed E-state index contributed by atoms with van der Waals surface area (Å²) in [5.41, 5.74) is 1.36. The normalized spacial score (nSPS) is 12.5. The predicted molar refractivity (Wildman–Crippen MR) is 68.5 cm³/mol. The van der Waals surface area contributed by atoms with Gasteiger partial charge >= 0.3 is 0 Å². The molecule has 0 saturated carbocycles. The standard InChI is InChI=1S/C11H17ClN2S/c1-4-9(6-13-8(2)3)5-11-14-7-10(12)15-11/h5,7-8,13H,4,6H2,1-3H3/b9-5-. The van der Waals surface area contributed by atoms with Crippen molar-refractivity contribution in [2.45, 2.75) is 33.2 Å². The lowest BCUT2D eigenvalue weighted by molar-refractivity contribution is 0.617. The Balaban J connectivity index is 2.61. The number of rotatable bonds is 5. The lowest BCUT2D eigenvalue weighted by atomic mass is 10.2. The molecule has 0 aliphatic rings. The number of halogens is 1. The third-order valence-electron chi connectivity index (χ3n) is 2.01. The fourth-order valence-electron chi connectivity index (χ4n) is 1.12. The van der Waals surface area contributed by atoms with Crippen LogP contribution in [0.5, 0.6) is 0 Å². The summed E-state index contributed by atoms with van der Waals surface area (Å²) in [4.78, 5) is 4.21. The molecular formula is C11H17ClN2S. The Kier molecular flexibility index (Phi) is 5.29. The molecule has 0 fully saturated rings. The van der Waals surface area contributed by atoms with Gasteiger partial charge in [-0.3, -0.25) is 0 Å². The first kappa shape index (κ1) is 12.7. The van der Waals surface area contributed by atoms with Gasteiger partial charge in [-0.05, 0) is 12.5 Å². The van der Waals surface area contributed by atoms with Crippen LogP contribution in [-0.4, -0.2) is 17.6 Å². The molecule has 0 spiro atoms. The second-order valence-corrected chi connectivity index (χ2v) is 5.39. The van der Waals surface area contributed by atoms with Crippen LogP contribution in [0.4, 0.5) is 0 Å². The van der Waals surface area contributed by atoms with Crippen LogP contribution in [0.1, 0.15) is 32.2 Å². The van der Waals surface area contributed by atoms with Gasteiger partial charge in [-0.15, -0.1) is 11.3 Å². The van der Waals surface area contributed by atoms with Gasteiger partial charge < -0.3 is 5.32 Å². The Bertz CT molecular complexity index is 331. The summed E-state index contributed by atoms with van der Waals surface area (Å²) in [6, 6.07) is 0.514. The van der Waals surface area contributed by atoms with Crippen molar-refractivity contribution in [3.63, 3.8) is 0 Å². The Morgan fingerprint density at radius 1 is 1.67 bits per heavy atom. The van der Waals surface area contributed by atoms with E-state index in [1.807, 2.05) is 0 Å². The van der Waals surface area contributed by atoms with Crippen LogP contribution >= 0.6 is 22.9 Å². The van der Waals surface area contributed by atoms with Crippen molar-refractivity contribution in [2.24, 2.45) is 0 Å². The Morgan fingerprint density at radius 2 is 2.40 bits per heavy atom. The van der Waals surface area contributed by atoms with Gasteiger partial charge in [0.05, 0.1) is 6.20 Å². The van der Waals surface area contributed by atoms with Gasteiger partial charge in [-0.2, -0.15) is 0 Å². The molecule has 1 aromatic rings. The molecule has 84 valence electrons. The zero-order chi connectivity index (χ0) is 11.3. The summed E-state index contributed by atoms with van der Waals surface area (Å²) in [5.74, 6) is 0. The zero-order valence-corrected chi connectivity index (χ0v) is 11.0. The molecule has 15 heavy (non-hydrogen) atoms. The maximum absolute atomic E-state index is 5.83. The summed E-state index contributed by atoms with van der Waals surface area (Å²) in [6.07, 6.45) is 4.85. The minimum atomic E-state index is 0.514. The number of nitrogens with one attached hydrogen (secondary N) is 1. The van der Waals surface area contributed by atoms with E-state index in [1.54, 1.807) is 6.20 Å². The van der Waals surface area contributed by atoms with Crippen molar-refractivity contribution >= 4 is 29.0 Å². The van der Waals surface area contributed by atoms with Crippen molar-refractivity contribution in [3.8, 4) is 0 Å². The largest absolute Gasteiger partial charge is 0.311 e. The quantitative estimate of drug-likeness (QED) is 0.856. The third-order valence-corrected chi connectivity index (χ3v) is 3.08. The topological polar surface area (TPSA) is 24.9 Å². The highest BCUT2D eigenvalue weighted by Gasteiger charge is 2.00. The van der Waals surface area contributed by atoms with Gasteiger partial charge in [0, 0.05) is 12.6 Å².